The van der Waals surface area contributed by atoms with Crippen molar-refractivity contribution < 1.29 is 0 Å². The second-order valence-corrected chi connectivity index (χ2v) is 7.27. The molecule has 0 radical (unpaired) electrons. The van der Waals surface area contributed by atoms with E-state index in [1.54, 1.807) is 0 Å². The van der Waals surface area contributed by atoms with Crippen molar-refractivity contribution >= 4 is 37.5 Å². The molecule has 112 valence electrons. The summed E-state index contributed by atoms with van der Waals surface area (Å²) in [5.41, 5.74) is 9.76. The Balaban J connectivity index is 2.22. The molecule has 0 aromatic heterocycles. The molecule has 2 N–H and O–H groups in total. The van der Waals surface area contributed by atoms with Gasteiger partial charge in [-0.05, 0) is 48.7 Å². The van der Waals surface area contributed by atoms with Crippen LogP contribution in [0.3, 0.4) is 0 Å². The van der Waals surface area contributed by atoms with Crippen LogP contribution in [0.4, 0.5) is 5.69 Å². The Hall–Kier alpha value is -0.840. The molecule has 4 heteroatoms. The second-order valence-electron chi connectivity index (χ2n) is 5.44. The molecular formula is C17H20Br2N2. The highest BCUT2D eigenvalue weighted by Gasteiger charge is 2.10. The Morgan fingerprint density at radius 2 is 1.67 bits per heavy atom. The molecule has 2 aromatic carbocycles. The minimum atomic E-state index is 0.158. The van der Waals surface area contributed by atoms with Gasteiger partial charge in [-0.15, -0.1) is 0 Å². The zero-order valence-electron chi connectivity index (χ0n) is 12.3. The Kier molecular flexibility index (Phi) is 5.85. The maximum absolute atomic E-state index is 5.97. The van der Waals surface area contributed by atoms with E-state index in [1.165, 1.54) is 16.8 Å². The fourth-order valence-electron chi connectivity index (χ4n) is 2.36. The molecule has 0 heterocycles. The quantitative estimate of drug-likeness (QED) is 0.769. The molecular weight excluding hydrogens is 392 g/mol. The van der Waals surface area contributed by atoms with Crippen molar-refractivity contribution in [1.29, 1.82) is 0 Å². The van der Waals surface area contributed by atoms with Crippen molar-refractivity contribution in [2.45, 2.75) is 25.9 Å². The zero-order chi connectivity index (χ0) is 15.4. The number of nitrogens with two attached hydrogens (primary N) is 1. The van der Waals surface area contributed by atoms with E-state index in [9.17, 15) is 0 Å². The van der Waals surface area contributed by atoms with Gasteiger partial charge in [0.05, 0.1) is 0 Å². The maximum Gasteiger partial charge on any atom is 0.0426 e. The van der Waals surface area contributed by atoms with Gasteiger partial charge in [0.1, 0.15) is 0 Å². The number of hydrogen-bond acceptors (Lipinski definition) is 2. The third-order valence-electron chi connectivity index (χ3n) is 3.33. The lowest BCUT2D eigenvalue weighted by Crippen LogP contribution is -2.22. The lowest BCUT2D eigenvalue weighted by Gasteiger charge is -2.24. The van der Waals surface area contributed by atoms with Crippen molar-refractivity contribution in [2.75, 3.05) is 11.9 Å². The number of hydrogen-bond donors (Lipinski definition) is 1. The second kappa shape index (κ2) is 7.43. The monoisotopic (exact) mass is 410 g/mol. The van der Waals surface area contributed by atoms with E-state index in [1.807, 2.05) is 6.92 Å². The van der Waals surface area contributed by atoms with Crippen LogP contribution in [0.15, 0.2) is 51.4 Å². The maximum atomic E-state index is 5.97. The minimum Gasteiger partial charge on any atom is -0.370 e. The van der Waals surface area contributed by atoms with E-state index >= 15 is 0 Å². The summed E-state index contributed by atoms with van der Waals surface area (Å²) in [5, 5.41) is 0. The van der Waals surface area contributed by atoms with E-state index in [2.05, 4.69) is 86.3 Å². The molecule has 0 aliphatic heterocycles. The SMILES string of the molecule is CC(N)Cc1ccc(Br)cc1N(C)Cc1ccc(Br)cc1. The number of benzene rings is 2. The Morgan fingerprint density at radius 1 is 1.05 bits per heavy atom. The van der Waals surface area contributed by atoms with Crippen LogP contribution in [0.5, 0.6) is 0 Å². The van der Waals surface area contributed by atoms with Gasteiger partial charge in [-0.1, -0.05) is 50.1 Å². The van der Waals surface area contributed by atoms with Gasteiger partial charge in [-0.3, -0.25) is 0 Å². The lowest BCUT2D eigenvalue weighted by molar-refractivity contribution is 0.734. The van der Waals surface area contributed by atoms with Crippen LogP contribution < -0.4 is 10.6 Å². The smallest absolute Gasteiger partial charge is 0.0426 e. The largest absolute Gasteiger partial charge is 0.370 e. The summed E-state index contributed by atoms with van der Waals surface area (Å²) in [6, 6.07) is 15.0. The van der Waals surface area contributed by atoms with Gasteiger partial charge >= 0.3 is 0 Å². The lowest BCUT2D eigenvalue weighted by atomic mass is 10.0. The highest BCUT2D eigenvalue weighted by Crippen LogP contribution is 2.27. The van der Waals surface area contributed by atoms with Gasteiger partial charge in [0.25, 0.3) is 0 Å². The molecule has 0 saturated carbocycles. The summed E-state index contributed by atoms with van der Waals surface area (Å²) in [6.45, 7) is 2.91. The summed E-state index contributed by atoms with van der Waals surface area (Å²) < 4.78 is 2.20. The first-order chi connectivity index (χ1) is 9.95. The molecule has 21 heavy (non-hydrogen) atoms. The van der Waals surface area contributed by atoms with Gasteiger partial charge in [-0.2, -0.15) is 0 Å². The summed E-state index contributed by atoms with van der Waals surface area (Å²) in [7, 11) is 2.12. The van der Waals surface area contributed by atoms with Gasteiger partial charge in [-0.25, -0.2) is 0 Å². The summed E-state index contributed by atoms with van der Waals surface area (Å²) >= 11 is 7.03. The average molecular weight is 412 g/mol. The number of nitrogens with zero attached hydrogens (tertiary/aromatic N) is 1. The Morgan fingerprint density at radius 3 is 2.29 bits per heavy atom. The summed E-state index contributed by atoms with van der Waals surface area (Å²) in [5.74, 6) is 0. The molecule has 1 atom stereocenters. The normalized spacial score (nSPS) is 12.2. The molecule has 0 aliphatic rings. The molecule has 0 spiro atoms. The molecule has 2 aromatic rings. The van der Waals surface area contributed by atoms with Crippen LogP contribution in [0.2, 0.25) is 0 Å². The molecule has 2 nitrogen and oxygen atoms in total. The average Bonchev–Trinajstić information content (AvgIpc) is 2.43. The fraction of sp³-hybridized carbons (Fsp3) is 0.294. The molecule has 0 fully saturated rings. The molecule has 0 bridgehead atoms. The standard InChI is InChI=1S/C17H20Br2N2/c1-12(20)9-14-5-8-16(19)10-17(14)21(2)11-13-3-6-15(18)7-4-13/h3-8,10,12H,9,11,20H2,1-2H3. The molecule has 2 rings (SSSR count). The van der Waals surface area contributed by atoms with Crippen LogP contribution in [0.25, 0.3) is 0 Å². The third kappa shape index (κ3) is 4.83. The van der Waals surface area contributed by atoms with Crippen molar-refractivity contribution in [2.24, 2.45) is 5.73 Å². The number of anilines is 1. The van der Waals surface area contributed by atoms with Crippen LogP contribution in [0, 0.1) is 0 Å². The first-order valence-corrected chi connectivity index (χ1v) is 8.54. The van der Waals surface area contributed by atoms with Gasteiger partial charge in [0.2, 0.25) is 0 Å². The van der Waals surface area contributed by atoms with E-state index < -0.39 is 0 Å². The Bertz CT molecular complexity index is 594. The van der Waals surface area contributed by atoms with Crippen molar-refractivity contribution in [1.82, 2.24) is 0 Å². The zero-order valence-corrected chi connectivity index (χ0v) is 15.5. The summed E-state index contributed by atoms with van der Waals surface area (Å²) in [4.78, 5) is 2.27. The molecule has 1 unspecified atom stereocenters. The first kappa shape index (κ1) is 16.5. The van der Waals surface area contributed by atoms with Gasteiger partial charge < -0.3 is 10.6 Å². The van der Waals surface area contributed by atoms with Crippen LogP contribution in [-0.2, 0) is 13.0 Å². The van der Waals surface area contributed by atoms with Crippen molar-refractivity contribution in [3.8, 4) is 0 Å². The fourth-order valence-corrected chi connectivity index (χ4v) is 2.97. The molecule has 0 amide bonds. The molecule has 0 saturated heterocycles. The van der Waals surface area contributed by atoms with Crippen LogP contribution in [0.1, 0.15) is 18.1 Å². The van der Waals surface area contributed by atoms with E-state index in [0.29, 0.717) is 0 Å². The topological polar surface area (TPSA) is 29.3 Å². The van der Waals surface area contributed by atoms with E-state index in [0.717, 1.165) is 21.9 Å². The van der Waals surface area contributed by atoms with Crippen molar-refractivity contribution in [3.63, 3.8) is 0 Å². The number of rotatable bonds is 5. The summed E-state index contributed by atoms with van der Waals surface area (Å²) in [6.07, 6.45) is 0.882. The van der Waals surface area contributed by atoms with Crippen LogP contribution >= 0.6 is 31.9 Å². The third-order valence-corrected chi connectivity index (χ3v) is 4.36. The number of halogens is 2. The van der Waals surface area contributed by atoms with Gasteiger partial charge in [0.15, 0.2) is 0 Å². The predicted octanol–water partition coefficient (Wildman–Crippen LogP) is 4.74. The van der Waals surface area contributed by atoms with Crippen LogP contribution in [-0.4, -0.2) is 13.1 Å². The predicted molar refractivity (Wildman–Crippen MR) is 97.7 cm³/mol. The highest BCUT2D eigenvalue weighted by atomic mass is 79.9. The van der Waals surface area contributed by atoms with Gasteiger partial charge in [0, 0.05) is 34.3 Å². The van der Waals surface area contributed by atoms with E-state index in [-0.39, 0.29) is 6.04 Å². The highest BCUT2D eigenvalue weighted by molar-refractivity contribution is 9.10. The Labute approximate surface area is 143 Å². The first-order valence-electron chi connectivity index (χ1n) is 6.95. The molecule has 0 aliphatic carbocycles. The van der Waals surface area contributed by atoms with E-state index in [4.69, 9.17) is 5.73 Å². The minimum absolute atomic E-state index is 0.158. The van der Waals surface area contributed by atoms with Crippen molar-refractivity contribution in [3.05, 3.63) is 62.5 Å².